The summed E-state index contributed by atoms with van der Waals surface area (Å²) in [6, 6.07) is 0. The molecule has 0 fully saturated rings. The lowest BCUT2D eigenvalue weighted by Gasteiger charge is -2.37. The van der Waals surface area contributed by atoms with Gasteiger partial charge in [-0.05, 0) is 0 Å². The fourth-order valence-electron chi connectivity index (χ4n) is 0.843. The molecule has 0 aliphatic rings. The summed E-state index contributed by atoms with van der Waals surface area (Å²) < 4.78 is 146. The van der Waals surface area contributed by atoms with Gasteiger partial charge in [0.15, 0.2) is 6.29 Å². The van der Waals surface area contributed by atoms with Crippen molar-refractivity contribution in [3.63, 3.8) is 0 Å². The maximum Gasteiger partial charge on any atom is 0.460 e. The van der Waals surface area contributed by atoms with Crippen LogP contribution in [0.3, 0.4) is 0 Å². The second kappa shape index (κ2) is 4.69. The fourth-order valence-corrected chi connectivity index (χ4v) is 0.843. The molecule has 0 aromatic rings. The molecule has 0 rings (SSSR count). The largest absolute Gasteiger partial charge is 0.460 e. The van der Waals surface area contributed by atoms with Gasteiger partial charge >= 0.3 is 29.9 Å². The molecule has 120 valence electrons. The van der Waals surface area contributed by atoms with E-state index in [-0.39, 0.29) is 0 Å². The topological polar surface area (TPSA) is 17.1 Å². The van der Waals surface area contributed by atoms with Gasteiger partial charge in [0.2, 0.25) is 6.17 Å². The summed E-state index contributed by atoms with van der Waals surface area (Å²) in [5.74, 6) is -29.6. The Kier molecular flexibility index (Phi) is 4.41. The van der Waals surface area contributed by atoms with Crippen molar-refractivity contribution < 1.29 is 57.5 Å². The molecule has 0 heterocycles. The zero-order chi connectivity index (χ0) is 16.8. The van der Waals surface area contributed by atoms with Crippen molar-refractivity contribution in [1.29, 1.82) is 0 Å². The first kappa shape index (κ1) is 18.8. The Morgan fingerprint density at radius 3 is 1.25 bits per heavy atom. The van der Waals surface area contributed by atoms with E-state index in [4.69, 9.17) is 0 Å². The molecule has 0 aromatic carbocycles. The van der Waals surface area contributed by atoms with Gasteiger partial charge in [-0.2, -0.15) is 48.3 Å². The molecule has 0 unspecified atom stereocenters. The molecule has 0 amide bonds. The van der Waals surface area contributed by atoms with E-state index in [0.29, 0.717) is 0 Å². The molecular formula is C7H2F12O. The summed E-state index contributed by atoms with van der Waals surface area (Å²) in [6.45, 7) is 0. The second-order valence-electron chi connectivity index (χ2n) is 3.38. The van der Waals surface area contributed by atoms with E-state index >= 15 is 0 Å². The number of carbonyl (C=O) groups is 1. The van der Waals surface area contributed by atoms with Crippen LogP contribution in [0.5, 0.6) is 0 Å². The minimum atomic E-state index is -7.70. The lowest BCUT2D eigenvalue weighted by Crippen LogP contribution is -2.68. The van der Waals surface area contributed by atoms with E-state index in [1.54, 1.807) is 0 Å². The minimum Gasteiger partial charge on any atom is -0.300 e. The second-order valence-corrected chi connectivity index (χ2v) is 3.38. The van der Waals surface area contributed by atoms with Crippen LogP contribution in [-0.2, 0) is 4.79 Å². The average molecular weight is 330 g/mol. The van der Waals surface area contributed by atoms with Gasteiger partial charge in [-0.3, -0.25) is 4.79 Å². The Bertz CT molecular complexity index is 368. The normalized spacial score (nSPS) is 17.0. The van der Waals surface area contributed by atoms with Crippen LogP contribution in [-0.4, -0.2) is 42.3 Å². The van der Waals surface area contributed by atoms with Crippen LogP contribution in [0.1, 0.15) is 0 Å². The predicted octanol–water partition coefficient (Wildman–Crippen LogP) is 3.63. The number of rotatable bonds is 5. The highest BCUT2D eigenvalue weighted by atomic mass is 19.4. The van der Waals surface area contributed by atoms with Gasteiger partial charge in [0.25, 0.3) is 0 Å². The summed E-state index contributed by atoms with van der Waals surface area (Å²) in [5, 5.41) is 0. The smallest absolute Gasteiger partial charge is 0.300 e. The average Bonchev–Trinajstić information content (AvgIpc) is 2.25. The maximum atomic E-state index is 12.6. The Balaban J connectivity index is 6.00. The third-order valence-electron chi connectivity index (χ3n) is 2.03. The third-order valence-corrected chi connectivity index (χ3v) is 2.03. The monoisotopic (exact) mass is 330 g/mol. The fraction of sp³-hybridized carbons (Fsp3) is 0.857. The molecule has 0 aliphatic heterocycles. The standard InChI is InChI=1S/C7H2F12O/c8-2(1-20)3(9,10)4(11,12)5(13,14)6(15,16)7(17,18)19/h1-2H/t2-/m0/s1. The molecule has 0 aliphatic carbocycles. The van der Waals surface area contributed by atoms with Crippen molar-refractivity contribution in [2.45, 2.75) is 36.0 Å². The van der Waals surface area contributed by atoms with Gasteiger partial charge in [-0.1, -0.05) is 0 Å². The molecule has 13 heteroatoms. The zero-order valence-electron chi connectivity index (χ0n) is 8.60. The van der Waals surface area contributed by atoms with Gasteiger partial charge in [0, 0.05) is 0 Å². The summed E-state index contributed by atoms with van der Waals surface area (Å²) in [7, 11) is 0. The summed E-state index contributed by atoms with van der Waals surface area (Å²) in [6.07, 6.45) is -13.7. The summed E-state index contributed by atoms with van der Waals surface area (Å²) in [4.78, 5) is 9.53. The van der Waals surface area contributed by atoms with E-state index < -0.39 is 42.3 Å². The summed E-state index contributed by atoms with van der Waals surface area (Å²) in [5.41, 5.74) is 0. The van der Waals surface area contributed by atoms with Crippen molar-refractivity contribution in [2.24, 2.45) is 0 Å². The van der Waals surface area contributed by atoms with E-state index in [2.05, 4.69) is 0 Å². The van der Waals surface area contributed by atoms with Crippen LogP contribution in [0.4, 0.5) is 52.7 Å². The van der Waals surface area contributed by atoms with Crippen LogP contribution >= 0.6 is 0 Å². The van der Waals surface area contributed by atoms with Gasteiger partial charge in [0.1, 0.15) is 0 Å². The van der Waals surface area contributed by atoms with E-state index in [0.717, 1.165) is 0 Å². The molecule has 1 atom stereocenters. The molecule has 0 radical (unpaired) electrons. The molecule has 0 saturated heterocycles. The molecule has 0 aromatic heterocycles. The van der Waals surface area contributed by atoms with Crippen LogP contribution in [0, 0.1) is 0 Å². The molecule has 0 N–H and O–H groups in total. The Hall–Kier alpha value is -1.17. The molecule has 20 heavy (non-hydrogen) atoms. The van der Waals surface area contributed by atoms with Crippen molar-refractivity contribution in [1.82, 2.24) is 0 Å². The van der Waals surface area contributed by atoms with Crippen LogP contribution in [0.2, 0.25) is 0 Å². The van der Waals surface area contributed by atoms with E-state index in [9.17, 15) is 57.5 Å². The lowest BCUT2D eigenvalue weighted by molar-refractivity contribution is -0.424. The first-order valence-corrected chi connectivity index (χ1v) is 4.15. The molecule has 1 nitrogen and oxygen atoms in total. The zero-order valence-corrected chi connectivity index (χ0v) is 8.60. The van der Waals surface area contributed by atoms with Gasteiger partial charge in [0.05, 0.1) is 0 Å². The molecular weight excluding hydrogens is 328 g/mol. The first-order chi connectivity index (χ1) is 8.48. The van der Waals surface area contributed by atoms with Crippen molar-refractivity contribution >= 4 is 6.29 Å². The minimum absolute atomic E-state index is 1.64. The number of hydrogen-bond donors (Lipinski definition) is 0. The van der Waals surface area contributed by atoms with Crippen molar-refractivity contribution in [3.05, 3.63) is 0 Å². The van der Waals surface area contributed by atoms with E-state index in [1.165, 1.54) is 0 Å². The number of carbonyl (C=O) groups excluding carboxylic acids is 1. The van der Waals surface area contributed by atoms with Crippen LogP contribution in [0.15, 0.2) is 0 Å². The van der Waals surface area contributed by atoms with Gasteiger partial charge < -0.3 is 0 Å². The number of halogens is 12. The van der Waals surface area contributed by atoms with Crippen molar-refractivity contribution in [2.75, 3.05) is 0 Å². The highest BCUT2D eigenvalue weighted by molar-refractivity contribution is 5.58. The first-order valence-electron chi connectivity index (χ1n) is 4.15. The maximum absolute atomic E-state index is 12.6. The van der Waals surface area contributed by atoms with Gasteiger partial charge in [-0.25, -0.2) is 4.39 Å². The highest BCUT2D eigenvalue weighted by Gasteiger charge is 2.88. The summed E-state index contributed by atoms with van der Waals surface area (Å²) >= 11 is 0. The molecule has 0 spiro atoms. The Morgan fingerprint density at radius 1 is 0.650 bits per heavy atom. The number of hydrogen-bond acceptors (Lipinski definition) is 1. The van der Waals surface area contributed by atoms with Crippen LogP contribution in [0.25, 0.3) is 0 Å². The number of alkyl halides is 12. The SMILES string of the molecule is O=C[C@H](F)C(F)(F)C(F)(F)C(F)(F)C(F)(F)C(F)(F)F. The van der Waals surface area contributed by atoms with Crippen LogP contribution < -0.4 is 0 Å². The lowest BCUT2D eigenvalue weighted by atomic mass is 9.95. The highest BCUT2D eigenvalue weighted by Crippen LogP contribution is 2.58. The Morgan fingerprint density at radius 2 is 1.00 bits per heavy atom. The van der Waals surface area contributed by atoms with E-state index in [1.807, 2.05) is 0 Å². The third kappa shape index (κ3) is 2.30. The van der Waals surface area contributed by atoms with Crippen molar-refractivity contribution in [3.8, 4) is 0 Å². The Labute approximate surface area is 101 Å². The molecule has 0 bridgehead atoms. The quantitative estimate of drug-likeness (QED) is 0.556. The predicted molar refractivity (Wildman–Crippen MR) is 36.8 cm³/mol. The number of aldehydes is 1. The van der Waals surface area contributed by atoms with Gasteiger partial charge in [-0.15, -0.1) is 0 Å². The molecule has 0 saturated carbocycles.